The molecule has 0 heterocycles. The van der Waals surface area contributed by atoms with Crippen molar-refractivity contribution in [1.82, 2.24) is 0 Å². The zero-order valence-electron chi connectivity index (χ0n) is 9.04. The van der Waals surface area contributed by atoms with Crippen molar-refractivity contribution in [2.75, 3.05) is 0 Å². The summed E-state index contributed by atoms with van der Waals surface area (Å²) in [4.78, 5) is 0. The van der Waals surface area contributed by atoms with Crippen LogP contribution in [0.2, 0.25) is 0 Å². The van der Waals surface area contributed by atoms with Crippen LogP contribution in [0.3, 0.4) is 0 Å². The van der Waals surface area contributed by atoms with Gasteiger partial charge in [0.25, 0.3) is 0 Å². The monoisotopic (exact) mass is 268 g/mol. The predicted molar refractivity (Wildman–Crippen MR) is 65.7 cm³/mol. The molecule has 1 atom stereocenters. The van der Waals surface area contributed by atoms with Gasteiger partial charge in [0, 0.05) is 4.47 Å². The zero-order chi connectivity index (χ0) is 10.9. The third-order valence-corrected chi connectivity index (χ3v) is 3.88. The lowest BCUT2D eigenvalue weighted by Gasteiger charge is -2.25. The molecule has 82 valence electrons. The minimum absolute atomic E-state index is 0.692. The average molecular weight is 269 g/mol. The Kier molecular flexibility index (Phi) is 3.17. The molecule has 0 amide bonds. The van der Waals surface area contributed by atoms with E-state index in [4.69, 9.17) is 0 Å². The van der Waals surface area contributed by atoms with E-state index in [-0.39, 0.29) is 0 Å². The van der Waals surface area contributed by atoms with Crippen LogP contribution in [0.4, 0.5) is 0 Å². The fraction of sp³-hybridized carbons (Fsp3) is 0.538. The smallest absolute Gasteiger partial charge is 0.0879 e. The summed E-state index contributed by atoms with van der Waals surface area (Å²) in [6.07, 6.45) is 4.71. The maximum atomic E-state index is 10.4. The largest absolute Gasteiger partial charge is 0.385 e. The number of hydrogen-bond acceptors (Lipinski definition) is 1. The quantitative estimate of drug-likeness (QED) is 0.880. The Hall–Kier alpha value is -0.340. The highest BCUT2D eigenvalue weighted by Gasteiger charge is 2.29. The first-order valence-electron chi connectivity index (χ1n) is 5.57. The van der Waals surface area contributed by atoms with Gasteiger partial charge in [-0.1, -0.05) is 47.0 Å². The summed E-state index contributed by atoms with van der Waals surface area (Å²) < 4.78 is 1.01. The molecule has 15 heavy (non-hydrogen) atoms. The van der Waals surface area contributed by atoms with Crippen LogP contribution in [-0.2, 0) is 5.60 Å². The van der Waals surface area contributed by atoms with Crippen molar-refractivity contribution < 1.29 is 5.11 Å². The van der Waals surface area contributed by atoms with Crippen LogP contribution >= 0.6 is 15.9 Å². The summed E-state index contributed by atoms with van der Waals surface area (Å²) in [5, 5.41) is 10.4. The van der Waals surface area contributed by atoms with Crippen molar-refractivity contribution in [2.45, 2.75) is 38.2 Å². The normalized spacial score (nSPS) is 19.9. The second kappa shape index (κ2) is 4.26. The molecule has 1 aromatic rings. The van der Waals surface area contributed by atoms with Crippen LogP contribution in [0.25, 0.3) is 0 Å². The standard InChI is InChI=1S/C13H17BrO/c1-13(15,9-8-10-6-7-10)11-4-2-3-5-12(11)14/h2-5,10,15H,6-9H2,1H3. The molecule has 1 aliphatic rings. The molecule has 1 saturated carbocycles. The fourth-order valence-corrected chi connectivity index (χ4v) is 2.64. The van der Waals surface area contributed by atoms with Gasteiger partial charge >= 0.3 is 0 Å². The summed E-state index contributed by atoms with van der Waals surface area (Å²) in [5.41, 5.74) is 0.313. The number of hydrogen-bond donors (Lipinski definition) is 1. The number of halogens is 1. The molecule has 0 bridgehead atoms. The molecule has 1 nitrogen and oxygen atoms in total. The summed E-state index contributed by atoms with van der Waals surface area (Å²) in [6, 6.07) is 7.94. The maximum Gasteiger partial charge on any atom is 0.0879 e. The van der Waals surface area contributed by atoms with E-state index in [1.165, 1.54) is 12.8 Å². The molecule has 0 aromatic heterocycles. The maximum absolute atomic E-state index is 10.4. The summed E-state index contributed by atoms with van der Waals surface area (Å²) in [5.74, 6) is 0.874. The van der Waals surface area contributed by atoms with Crippen LogP contribution in [0, 0.1) is 5.92 Å². The van der Waals surface area contributed by atoms with Crippen LogP contribution in [0.1, 0.15) is 38.2 Å². The molecule has 1 N–H and O–H groups in total. The van der Waals surface area contributed by atoms with E-state index in [9.17, 15) is 5.11 Å². The Bertz CT molecular complexity index is 342. The Balaban J connectivity index is 2.08. The van der Waals surface area contributed by atoms with Crippen LogP contribution in [0.5, 0.6) is 0 Å². The van der Waals surface area contributed by atoms with Crippen molar-refractivity contribution >= 4 is 15.9 Å². The molecule has 0 radical (unpaired) electrons. The summed E-state index contributed by atoms with van der Waals surface area (Å²) in [6.45, 7) is 1.91. The van der Waals surface area contributed by atoms with Crippen molar-refractivity contribution in [3.05, 3.63) is 34.3 Å². The van der Waals surface area contributed by atoms with Crippen LogP contribution < -0.4 is 0 Å². The molecule has 2 rings (SSSR count). The first-order valence-corrected chi connectivity index (χ1v) is 6.36. The van der Waals surface area contributed by atoms with Crippen LogP contribution in [0.15, 0.2) is 28.7 Å². The van der Waals surface area contributed by atoms with Crippen molar-refractivity contribution in [3.63, 3.8) is 0 Å². The van der Waals surface area contributed by atoms with Crippen molar-refractivity contribution in [1.29, 1.82) is 0 Å². The van der Waals surface area contributed by atoms with Gasteiger partial charge in [-0.2, -0.15) is 0 Å². The van der Waals surface area contributed by atoms with Crippen molar-refractivity contribution in [3.8, 4) is 0 Å². The van der Waals surface area contributed by atoms with Gasteiger partial charge in [-0.25, -0.2) is 0 Å². The molecular formula is C13H17BrO. The summed E-state index contributed by atoms with van der Waals surface area (Å²) in [7, 11) is 0. The predicted octanol–water partition coefficient (Wildman–Crippen LogP) is 3.85. The topological polar surface area (TPSA) is 20.2 Å². The fourth-order valence-electron chi connectivity index (χ4n) is 1.92. The van der Waals surface area contributed by atoms with Gasteiger partial charge in [0.1, 0.15) is 0 Å². The van der Waals surface area contributed by atoms with Crippen LogP contribution in [-0.4, -0.2) is 5.11 Å². The average Bonchev–Trinajstić information content (AvgIpc) is 2.99. The van der Waals surface area contributed by atoms with E-state index in [0.717, 1.165) is 28.8 Å². The Morgan fingerprint density at radius 3 is 2.67 bits per heavy atom. The highest BCUT2D eigenvalue weighted by atomic mass is 79.9. The summed E-state index contributed by atoms with van der Waals surface area (Å²) >= 11 is 3.49. The molecule has 0 aliphatic heterocycles. The van der Waals surface area contributed by atoms with Gasteiger partial charge in [-0.3, -0.25) is 0 Å². The van der Waals surface area contributed by atoms with E-state index in [0.29, 0.717) is 0 Å². The van der Waals surface area contributed by atoms with E-state index >= 15 is 0 Å². The Morgan fingerprint density at radius 2 is 2.07 bits per heavy atom. The highest BCUT2D eigenvalue weighted by molar-refractivity contribution is 9.10. The Labute approximate surface area is 99.6 Å². The van der Waals surface area contributed by atoms with Gasteiger partial charge < -0.3 is 5.11 Å². The molecule has 0 saturated heterocycles. The second-order valence-corrected chi connectivity index (χ2v) is 5.59. The second-order valence-electron chi connectivity index (χ2n) is 4.74. The molecule has 1 unspecified atom stereocenters. The van der Waals surface area contributed by atoms with Gasteiger partial charge in [-0.05, 0) is 37.3 Å². The highest BCUT2D eigenvalue weighted by Crippen LogP contribution is 2.39. The number of aliphatic hydroxyl groups is 1. The Morgan fingerprint density at radius 1 is 1.40 bits per heavy atom. The lowest BCUT2D eigenvalue weighted by Crippen LogP contribution is -2.21. The minimum atomic E-state index is -0.692. The van der Waals surface area contributed by atoms with Gasteiger partial charge in [0.05, 0.1) is 5.60 Å². The third-order valence-electron chi connectivity index (χ3n) is 3.19. The lowest BCUT2D eigenvalue weighted by molar-refractivity contribution is 0.0432. The number of benzene rings is 1. The molecule has 1 aliphatic carbocycles. The third kappa shape index (κ3) is 2.82. The molecule has 0 spiro atoms. The lowest BCUT2D eigenvalue weighted by atomic mass is 9.90. The zero-order valence-corrected chi connectivity index (χ0v) is 10.6. The van der Waals surface area contributed by atoms with Gasteiger partial charge in [0.2, 0.25) is 0 Å². The molecule has 1 aromatic carbocycles. The van der Waals surface area contributed by atoms with E-state index in [1.807, 2.05) is 31.2 Å². The SMILES string of the molecule is CC(O)(CCC1CC1)c1ccccc1Br. The molecular weight excluding hydrogens is 252 g/mol. The van der Waals surface area contributed by atoms with E-state index in [2.05, 4.69) is 15.9 Å². The van der Waals surface area contributed by atoms with Gasteiger partial charge in [-0.15, -0.1) is 0 Å². The molecule has 1 fully saturated rings. The first kappa shape index (κ1) is 11.2. The van der Waals surface area contributed by atoms with Gasteiger partial charge in [0.15, 0.2) is 0 Å². The van der Waals surface area contributed by atoms with Crippen molar-refractivity contribution in [2.24, 2.45) is 5.92 Å². The number of rotatable bonds is 4. The first-order chi connectivity index (χ1) is 7.09. The van der Waals surface area contributed by atoms with E-state index < -0.39 is 5.60 Å². The molecule has 2 heteroatoms. The van der Waals surface area contributed by atoms with E-state index in [1.54, 1.807) is 0 Å². The minimum Gasteiger partial charge on any atom is -0.385 e.